The standard InChI is InChI=1S/C15H18N2O3S/c18-14(19)10-21-15-16-12-3-1-2-4-13(12)17(15)9-11-5-7-20-8-6-11/h1-4,11H,5-10H2,(H,18,19). The average molecular weight is 306 g/mol. The van der Waals surface area contributed by atoms with Gasteiger partial charge in [-0.1, -0.05) is 23.9 Å². The van der Waals surface area contributed by atoms with E-state index >= 15 is 0 Å². The zero-order chi connectivity index (χ0) is 14.7. The van der Waals surface area contributed by atoms with E-state index in [0.29, 0.717) is 5.92 Å². The van der Waals surface area contributed by atoms with E-state index in [1.54, 1.807) is 0 Å². The quantitative estimate of drug-likeness (QED) is 0.860. The van der Waals surface area contributed by atoms with Gasteiger partial charge in [0.15, 0.2) is 5.16 Å². The van der Waals surface area contributed by atoms with E-state index in [4.69, 9.17) is 9.84 Å². The molecule has 0 radical (unpaired) electrons. The zero-order valence-electron chi connectivity index (χ0n) is 11.7. The number of hydrogen-bond donors (Lipinski definition) is 1. The second kappa shape index (κ2) is 6.49. The molecule has 112 valence electrons. The van der Waals surface area contributed by atoms with Crippen molar-refractivity contribution in [2.75, 3.05) is 19.0 Å². The molecule has 6 heteroatoms. The number of carbonyl (C=O) groups is 1. The Morgan fingerprint density at radius 3 is 2.90 bits per heavy atom. The highest BCUT2D eigenvalue weighted by atomic mass is 32.2. The Labute approximate surface area is 127 Å². The number of carboxylic acid groups (broad SMARTS) is 1. The topological polar surface area (TPSA) is 64.3 Å². The van der Waals surface area contributed by atoms with Crippen LogP contribution in [0.25, 0.3) is 11.0 Å². The normalized spacial score (nSPS) is 16.4. The number of para-hydroxylation sites is 2. The molecule has 1 aliphatic rings. The van der Waals surface area contributed by atoms with Crippen molar-refractivity contribution in [3.63, 3.8) is 0 Å². The Hall–Kier alpha value is -1.53. The molecule has 0 saturated carbocycles. The summed E-state index contributed by atoms with van der Waals surface area (Å²) in [6.45, 7) is 2.51. The van der Waals surface area contributed by atoms with Gasteiger partial charge < -0.3 is 14.4 Å². The van der Waals surface area contributed by atoms with Gasteiger partial charge in [0.05, 0.1) is 16.8 Å². The Kier molecular flexibility index (Phi) is 4.45. The number of benzene rings is 1. The van der Waals surface area contributed by atoms with Gasteiger partial charge in [0.1, 0.15) is 0 Å². The molecular formula is C15H18N2O3S. The van der Waals surface area contributed by atoms with Gasteiger partial charge in [-0.2, -0.15) is 0 Å². The molecule has 1 aromatic carbocycles. The molecule has 0 spiro atoms. The lowest BCUT2D eigenvalue weighted by molar-refractivity contribution is -0.133. The molecule has 0 bridgehead atoms. The number of imidazole rings is 1. The molecule has 0 atom stereocenters. The lowest BCUT2D eigenvalue weighted by Gasteiger charge is -2.23. The molecule has 1 fully saturated rings. The number of rotatable bonds is 5. The molecule has 2 heterocycles. The van der Waals surface area contributed by atoms with Crippen molar-refractivity contribution in [1.82, 2.24) is 9.55 Å². The molecule has 1 aliphatic heterocycles. The highest BCUT2D eigenvalue weighted by Gasteiger charge is 2.19. The number of aromatic nitrogens is 2. The first-order valence-electron chi connectivity index (χ1n) is 7.11. The van der Waals surface area contributed by atoms with Crippen LogP contribution < -0.4 is 0 Å². The van der Waals surface area contributed by atoms with Crippen LogP contribution in [0.4, 0.5) is 0 Å². The fraction of sp³-hybridized carbons (Fsp3) is 0.467. The van der Waals surface area contributed by atoms with E-state index in [1.807, 2.05) is 24.3 Å². The zero-order valence-corrected chi connectivity index (χ0v) is 12.5. The third-order valence-electron chi connectivity index (χ3n) is 3.73. The monoisotopic (exact) mass is 306 g/mol. The molecule has 3 rings (SSSR count). The molecule has 0 amide bonds. The molecule has 0 aliphatic carbocycles. The summed E-state index contributed by atoms with van der Waals surface area (Å²) in [6.07, 6.45) is 2.10. The molecular weight excluding hydrogens is 288 g/mol. The Balaban J connectivity index is 1.88. The summed E-state index contributed by atoms with van der Waals surface area (Å²) in [5.41, 5.74) is 2.01. The minimum atomic E-state index is -0.815. The summed E-state index contributed by atoms with van der Waals surface area (Å²) in [6, 6.07) is 7.98. The van der Waals surface area contributed by atoms with Crippen LogP contribution in [0.3, 0.4) is 0 Å². The smallest absolute Gasteiger partial charge is 0.313 e. The first kappa shape index (κ1) is 14.4. The van der Waals surface area contributed by atoms with Crippen molar-refractivity contribution < 1.29 is 14.6 Å². The Bertz CT molecular complexity index is 635. The Morgan fingerprint density at radius 1 is 1.38 bits per heavy atom. The van der Waals surface area contributed by atoms with E-state index in [-0.39, 0.29) is 5.75 Å². The van der Waals surface area contributed by atoms with Crippen LogP contribution in [0.5, 0.6) is 0 Å². The number of nitrogens with zero attached hydrogens (tertiary/aromatic N) is 2. The lowest BCUT2D eigenvalue weighted by Crippen LogP contribution is -2.20. The number of fused-ring (bicyclic) bond motifs is 1. The number of thioether (sulfide) groups is 1. The van der Waals surface area contributed by atoms with Crippen LogP contribution >= 0.6 is 11.8 Å². The third kappa shape index (κ3) is 3.39. The van der Waals surface area contributed by atoms with E-state index in [9.17, 15) is 4.79 Å². The van der Waals surface area contributed by atoms with Crippen molar-refractivity contribution in [2.45, 2.75) is 24.5 Å². The lowest BCUT2D eigenvalue weighted by atomic mass is 10.0. The SMILES string of the molecule is O=C(O)CSc1nc2ccccc2n1CC1CCOCC1. The molecule has 1 N–H and O–H groups in total. The van der Waals surface area contributed by atoms with Gasteiger partial charge in [-0.3, -0.25) is 4.79 Å². The number of carboxylic acids is 1. The van der Waals surface area contributed by atoms with Gasteiger partial charge in [-0.25, -0.2) is 4.98 Å². The van der Waals surface area contributed by atoms with Crippen molar-refractivity contribution in [2.24, 2.45) is 5.92 Å². The maximum absolute atomic E-state index is 10.8. The second-order valence-electron chi connectivity index (χ2n) is 5.23. The van der Waals surface area contributed by atoms with Gasteiger partial charge in [-0.15, -0.1) is 0 Å². The minimum absolute atomic E-state index is 0.0388. The Morgan fingerprint density at radius 2 is 2.14 bits per heavy atom. The third-order valence-corrected chi connectivity index (χ3v) is 4.69. The van der Waals surface area contributed by atoms with Crippen LogP contribution in [-0.4, -0.2) is 39.6 Å². The highest BCUT2D eigenvalue weighted by molar-refractivity contribution is 7.99. The van der Waals surface area contributed by atoms with E-state index < -0.39 is 5.97 Å². The summed E-state index contributed by atoms with van der Waals surface area (Å²) in [7, 11) is 0. The van der Waals surface area contributed by atoms with E-state index in [0.717, 1.165) is 48.8 Å². The van der Waals surface area contributed by atoms with Gasteiger partial charge >= 0.3 is 5.97 Å². The number of hydrogen-bond acceptors (Lipinski definition) is 4. The first-order chi connectivity index (χ1) is 10.2. The summed E-state index contributed by atoms with van der Waals surface area (Å²) >= 11 is 1.29. The van der Waals surface area contributed by atoms with E-state index in [1.165, 1.54) is 11.8 Å². The van der Waals surface area contributed by atoms with E-state index in [2.05, 4.69) is 9.55 Å². The fourth-order valence-electron chi connectivity index (χ4n) is 2.65. The molecule has 1 aromatic heterocycles. The second-order valence-corrected chi connectivity index (χ2v) is 6.17. The van der Waals surface area contributed by atoms with Crippen LogP contribution in [0.15, 0.2) is 29.4 Å². The maximum atomic E-state index is 10.8. The van der Waals surface area contributed by atoms with Gasteiger partial charge in [0.2, 0.25) is 0 Å². The number of aliphatic carboxylic acids is 1. The molecule has 5 nitrogen and oxygen atoms in total. The van der Waals surface area contributed by atoms with Crippen molar-refractivity contribution in [1.29, 1.82) is 0 Å². The van der Waals surface area contributed by atoms with Gasteiger partial charge in [-0.05, 0) is 30.9 Å². The van der Waals surface area contributed by atoms with Crippen LogP contribution in [-0.2, 0) is 16.1 Å². The average Bonchev–Trinajstić information content (AvgIpc) is 2.84. The molecule has 1 saturated heterocycles. The van der Waals surface area contributed by atoms with Gasteiger partial charge in [0.25, 0.3) is 0 Å². The molecule has 0 unspecified atom stereocenters. The number of ether oxygens (including phenoxy) is 1. The van der Waals surface area contributed by atoms with Crippen molar-refractivity contribution in [3.8, 4) is 0 Å². The van der Waals surface area contributed by atoms with Gasteiger partial charge in [0, 0.05) is 19.8 Å². The summed E-state index contributed by atoms with van der Waals surface area (Å²) in [5.74, 6) is -0.206. The molecule has 2 aromatic rings. The van der Waals surface area contributed by atoms with Crippen LogP contribution in [0, 0.1) is 5.92 Å². The fourth-order valence-corrected chi connectivity index (χ4v) is 3.40. The van der Waals surface area contributed by atoms with Crippen molar-refractivity contribution in [3.05, 3.63) is 24.3 Å². The molecule has 21 heavy (non-hydrogen) atoms. The highest BCUT2D eigenvalue weighted by Crippen LogP contribution is 2.27. The summed E-state index contributed by atoms with van der Waals surface area (Å²) < 4.78 is 7.57. The maximum Gasteiger partial charge on any atom is 0.313 e. The predicted molar refractivity (Wildman–Crippen MR) is 81.6 cm³/mol. The summed E-state index contributed by atoms with van der Waals surface area (Å²) in [4.78, 5) is 15.4. The largest absolute Gasteiger partial charge is 0.481 e. The minimum Gasteiger partial charge on any atom is -0.481 e. The summed E-state index contributed by atoms with van der Waals surface area (Å²) in [5, 5.41) is 9.68. The van der Waals surface area contributed by atoms with Crippen LogP contribution in [0.1, 0.15) is 12.8 Å². The first-order valence-corrected chi connectivity index (χ1v) is 8.10. The van der Waals surface area contributed by atoms with Crippen molar-refractivity contribution >= 4 is 28.8 Å². The predicted octanol–water partition coefficient (Wildman–Crippen LogP) is 2.64. The van der Waals surface area contributed by atoms with Crippen LogP contribution in [0.2, 0.25) is 0 Å².